The Morgan fingerprint density at radius 1 is 1.32 bits per heavy atom. The maximum absolute atomic E-state index is 12.7. The first kappa shape index (κ1) is 13.2. The standard InChI is InChI=1S/C14H21NO3S/c1-2-15(12-5-6-19(17,18)9-12)14(16)13-8-10-3-4-11(13)7-10/h3-4,10-13H,2,5-9H2,1H3. The van der Waals surface area contributed by atoms with E-state index in [1.54, 1.807) is 0 Å². The summed E-state index contributed by atoms with van der Waals surface area (Å²) < 4.78 is 23.2. The van der Waals surface area contributed by atoms with Gasteiger partial charge < -0.3 is 4.90 Å². The van der Waals surface area contributed by atoms with Gasteiger partial charge in [0.05, 0.1) is 11.5 Å². The lowest BCUT2D eigenvalue weighted by Crippen LogP contribution is -2.45. The van der Waals surface area contributed by atoms with Crippen LogP contribution in [0.5, 0.6) is 0 Å². The van der Waals surface area contributed by atoms with Crippen molar-refractivity contribution < 1.29 is 13.2 Å². The topological polar surface area (TPSA) is 54.5 Å². The lowest BCUT2D eigenvalue weighted by molar-refractivity contribution is -0.138. The number of amides is 1. The summed E-state index contributed by atoms with van der Waals surface area (Å²) in [7, 11) is -2.93. The highest BCUT2D eigenvalue weighted by atomic mass is 32.2. The Morgan fingerprint density at radius 2 is 2.11 bits per heavy atom. The van der Waals surface area contributed by atoms with Gasteiger partial charge in [-0.3, -0.25) is 4.79 Å². The van der Waals surface area contributed by atoms with Gasteiger partial charge >= 0.3 is 0 Å². The molecule has 1 saturated heterocycles. The van der Waals surface area contributed by atoms with Crippen molar-refractivity contribution in [2.24, 2.45) is 17.8 Å². The molecule has 2 aliphatic carbocycles. The molecule has 19 heavy (non-hydrogen) atoms. The summed E-state index contributed by atoms with van der Waals surface area (Å²) in [4.78, 5) is 14.5. The van der Waals surface area contributed by atoms with Crippen LogP contribution in [0.3, 0.4) is 0 Å². The zero-order valence-electron chi connectivity index (χ0n) is 11.3. The molecule has 0 spiro atoms. The third-order valence-electron chi connectivity index (χ3n) is 4.87. The minimum absolute atomic E-state index is 0.0920. The summed E-state index contributed by atoms with van der Waals surface area (Å²) in [6.07, 6.45) is 7.08. The van der Waals surface area contributed by atoms with Crippen LogP contribution < -0.4 is 0 Å². The van der Waals surface area contributed by atoms with E-state index in [0.29, 0.717) is 24.8 Å². The Bertz CT molecular complexity index is 511. The molecule has 1 amide bonds. The molecule has 5 heteroatoms. The van der Waals surface area contributed by atoms with E-state index in [1.165, 1.54) is 0 Å². The van der Waals surface area contributed by atoms with E-state index in [4.69, 9.17) is 0 Å². The molecule has 4 unspecified atom stereocenters. The largest absolute Gasteiger partial charge is 0.339 e. The van der Waals surface area contributed by atoms with Gasteiger partial charge in [0.2, 0.25) is 5.91 Å². The Labute approximate surface area is 114 Å². The molecule has 0 N–H and O–H groups in total. The number of nitrogens with zero attached hydrogens (tertiary/aromatic N) is 1. The molecule has 3 rings (SSSR count). The summed E-state index contributed by atoms with van der Waals surface area (Å²) in [5, 5.41) is 0. The first-order valence-electron chi connectivity index (χ1n) is 7.19. The maximum atomic E-state index is 12.7. The molecule has 0 aromatic heterocycles. The molecule has 4 nitrogen and oxygen atoms in total. The second-order valence-corrected chi connectivity index (χ2v) is 8.30. The third kappa shape index (κ3) is 2.33. The van der Waals surface area contributed by atoms with Crippen LogP contribution in [0, 0.1) is 17.8 Å². The van der Waals surface area contributed by atoms with E-state index in [1.807, 2.05) is 11.8 Å². The molecule has 4 atom stereocenters. The first-order valence-corrected chi connectivity index (χ1v) is 9.01. The summed E-state index contributed by atoms with van der Waals surface area (Å²) in [5.41, 5.74) is 0. The van der Waals surface area contributed by atoms with Gasteiger partial charge in [0, 0.05) is 18.5 Å². The number of carbonyl (C=O) groups is 1. The van der Waals surface area contributed by atoms with Crippen LogP contribution >= 0.6 is 0 Å². The van der Waals surface area contributed by atoms with Gasteiger partial charge in [0.25, 0.3) is 0 Å². The van der Waals surface area contributed by atoms with Crippen LogP contribution in [-0.4, -0.2) is 43.3 Å². The summed E-state index contributed by atoms with van der Waals surface area (Å²) in [6, 6.07) is -0.0920. The molecule has 2 bridgehead atoms. The maximum Gasteiger partial charge on any atom is 0.226 e. The molecule has 3 aliphatic rings. The van der Waals surface area contributed by atoms with Gasteiger partial charge in [0.1, 0.15) is 0 Å². The summed E-state index contributed by atoms with van der Waals surface area (Å²) in [5.74, 6) is 1.63. The average molecular weight is 283 g/mol. The van der Waals surface area contributed by atoms with Crippen LogP contribution in [0.4, 0.5) is 0 Å². The zero-order valence-corrected chi connectivity index (χ0v) is 12.1. The minimum atomic E-state index is -2.93. The fourth-order valence-electron chi connectivity index (χ4n) is 3.89. The highest BCUT2D eigenvalue weighted by molar-refractivity contribution is 7.91. The van der Waals surface area contributed by atoms with E-state index in [0.717, 1.165) is 12.8 Å². The van der Waals surface area contributed by atoms with Crippen LogP contribution in [0.2, 0.25) is 0 Å². The average Bonchev–Trinajstić information content (AvgIpc) is 3.05. The molecule has 0 radical (unpaired) electrons. The minimum Gasteiger partial charge on any atom is -0.339 e. The molecule has 1 aliphatic heterocycles. The van der Waals surface area contributed by atoms with Crippen molar-refractivity contribution >= 4 is 15.7 Å². The van der Waals surface area contributed by atoms with Gasteiger partial charge in [-0.2, -0.15) is 0 Å². The van der Waals surface area contributed by atoms with E-state index >= 15 is 0 Å². The smallest absolute Gasteiger partial charge is 0.226 e. The Balaban J connectivity index is 1.72. The molecule has 1 saturated carbocycles. The molecule has 1 heterocycles. The highest BCUT2D eigenvalue weighted by Gasteiger charge is 2.43. The lowest BCUT2D eigenvalue weighted by atomic mass is 9.91. The molecular weight excluding hydrogens is 262 g/mol. The normalized spacial score (nSPS) is 38.8. The summed E-state index contributed by atoms with van der Waals surface area (Å²) in [6.45, 7) is 2.57. The van der Waals surface area contributed by atoms with Crippen LogP contribution in [-0.2, 0) is 14.6 Å². The molecular formula is C14H21NO3S. The Kier molecular flexibility index (Phi) is 3.20. The van der Waals surface area contributed by atoms with Crippen molar-refractivity contribution in [2.45, 2.75) is 32.2 Å². The van der Waals surface area contributed by atoms with Gasteiger partial charge in [-0.15, -0.1) is 0 Å². The first-order chi connectivity index (χ1) is 9.00. The number of hydrogen-bond acceptors (Lipinski definition) is 3. The fourth-order valence-corrected chi connectivity index (χ4v) is 5.62. The number of hydrogen-bond donors (Lipinski definition) is 0. The zero-order chi connectivity index (χ0) is 13.6. The second-order valence-electron chi connectivity index (χ2n) is 6.07. The summed E-state index contributed by atoms with van der Waals surface area (Å²) >= 11 is 0. The Morgan fingerprint density at radius 3 is 2.58 bits per heavy atom. The molecule has 106 valence electrons. The van der Waals surface area contributed by atoms with Crippen molar-refractivity contribution in [1.82, 2.24) is 4.90 Å². The Hall–Kier alpha value is -0.840. The third-order valence-corrected chi connectivity index (χ3v) is 6.62. The number of rotatable bonds is 3. The fraction of sp³-hybridized carbons (Fsp3) is 0.786. The van der Waals surface area contributed by atoms with Gasteiger partial charge in [0.15, 0.2) is 9.84 Å². The molecule has 2 fully saturated rings. The van der Waals surface area contributed by atoms with Crippen LogP contribution in [0.1, 0.15) is 26.2 Å². The van der Waals surface area contributed by atoms with E-state index in [9.17, 15) is 13.2 Å². The molecule has 0 aromatic carbocycles. The van der Waals surface area contributed by atoms with Crippen molar-refractivity contribution in [3.63, 3.8) is 0 Å². The number of allylic oxidation sites excluding steroid dienone is 2. The van der Waals surface area contributed by atoms with E-state index < -0.39 is 9.84 Å². The number of sulfone groups is 1. The number of fused-ring (bicyclic) bond motifs is 2. The van der Waals surface area contributed by atoms with Gasteiger partial charge in [-0.1, -0.05) is 12.2 Å². The van der Waals surface area contributed by atoms with E-state index in [2.05, 4.69) is 12.2 Å². The lowest BCUT2D eigenvalue weighted by Gasteiger charge is -2.31. The van der Waals surface area contributed by atoms with Crippen molar-refractivity contribution in [3.8, 4) is 0 Å². The predicted octanol–water partition coefficient (Wildman–Crippen LogP) is 1.23. The van der Waals surface area contributed by atoms with Gasteiger partial charge in [-0.05, 0) is 38.0 Å². The van der Waals surface area contributed by atoms with Crippen molar-refractivity contribution in [1.29, 1.82) is 0 Å². The van der Waals surface area contributed by atoms with Crippen LogP contribution in [0.15, 0.2) is 12.2 Å². The van der Waals surface area contributed by atoms with Gasteiger partial charge in [-0.25, -0.2) is 8.42 Å². The SMILES string of the molecule is CCN(C(=O)C1CC2C=CC1C2)C1CCS(=O)(=O)C1. The second kappa shape index (κ2) is 4.62. The monoisotopic (exact) mass is 283 g/mol. The van der Waals surface area contributed by atoms with E-state index in [-0.39, 0.29) is 29.4 Å². The number of carbonyl (C=O) groups excluding carboxylic acids is 1. The quantitative estimate of drug-likeness (QED) is 0.732. The van der Waals surface area contributed by atoms with Crippen molar-refractivity contribution in [2.75, 3.05) is 18.1 Å². The van der Waals surface area contributed by atoms with Crippen molar-refractivity contribution in [3.05, 3.63) is 12.2 Å². The molecule has 0 aromatic rings. The predicted molar refractivity (Wildman–Crippen MR) is 73.3 cm³/mol. The highest BCUT2D eigenvalue weighted by Crippen LogP contribution is 2.44. The van der Waals surface area contributed by atoms with Crippen LogP contribution in [0.25, 0.3) is 0 Å².